The third kappa shape index (κ3) is 3.42. The molecule has 0 amide bonds. The summed E-state index contributed by atoms with van der Waals surface area (Å²) in [6.45, 7) is 11.9. The topological polar surface area (TPSA) is 37.3 Å². The molecule has 5 rings (SSSR count). The summed E-state index contributed by atoms with van der Waals surface area (Å²) in [5, 5.41) is 10.8. The van der Waals surface area contributed by atoms with Gasteiger partial charge in [-0.05, 0) is 90.1 Å². The number of fused-ring (bicyclic) bond motifs is 4. The first-order chi connectivity index (χ1) is 15.6. The number of aliphatic hydroxyl groups is 1. The smallest absolute Gasteiger partial charge is 0.163 e. The van der Waals surface area contributed by atoms with Gasteiger partial charge in [-0.25, -0.2) is 0 Å². The van der Waals surface area contributed by atoms with Crippen molar-refractivity contribution in [1.29, 1.82) is 0 Å². The highest BCUT2D eigenvalue weighted by atomic mass is 16.3. The predicted molar refractivity (Wildman–Crippen MR) is 135 cm³/mol. The van der Waals surface area contributed by atoms with E-state index in [4.69, 9.17) is 0 Å². The summed E-state index contributed by atoms with van der Waals surface area (Å²) in [6.07, 6.45) is 10.9. The van der Waals surface area contributed by atoms with Crippen LogP contribution in [0.25, 0.3) is 0 Å². The molecule has 0 radical (unpaired) electrons. The van der Waals surface area contributed by atoms with Crippen molar-refractivity contribution >= 4 is 5.78 Å². The van der Waals surface area contributed by atoms with Gasteiger partial charge < -0.3 is 5.11 Å². The highest BCUT2D eigenvalue weighted by molar-refractivity contribution is 5.96. The molecule has 1 fully saturated rings. The summed E-state index contributed by atoms with van der Waals surface area (Å²) in [5.41, 5.74) is 6.27. The SMILES string of the molecule is C[C@H](CC(=O)c1ccccc1)[C@H]1CC=C2C3=C(CC[C@@]21C)[C@@]1(C)CCC(O)C(C)(C)C1CC3. The summed E-state index contributed by atoms with van der Waals surface area (Å²) in [7, 11) is 0. The minimum atomic E-state index is -0.176. The number of ketones is 1. The lowest BCUT2D eigenvalue weighted by atomic mass is 9.46. The Labute approximate surface area is 200 Å². The number of benzene rings is 1. The molecule has 1 aromatic rings. The van der Waals surface area contributed by atoms with Crippen LogP contribution < -0.4 is 0 Å². The van der Waals surface area contributed by atoms with Gasteiger partial charge >= 0.3 is 0 Å². The van der Waals surface area contributed by atoms with Crippen molar-refractivity contribution in [3.8, 4) is 0 Å². The Morgan fingerprint density at radius 3 is 2.48 bits per heavy atom. The lowest BCUT2D eigenvalue weighted by Crippen LogP contribution is -2.53. The van der Waals surface area contributed by atoms with Crippen molar-refractivity contribution in [3.63, 3.8) is 0 Å². The summed E-state index contributed by atoms with van der Waals surface area (Å²) in [6, 6.07) is 9.81. The van der Waals surface area contributed by atoms with Crippen molar-refractivity contribution in [2.45, 2.75) is 92.1 Å². The van der Waals surface area contributed by atoms with Gasteiger partial charge in [-0.2, -0.15) is 0 Å². The third-order valence-corrected chi connectivity index (χ3v) is 10.7. The molecule has 2 nitrogen and oxygen atoms in total. The summed E-state index contributed by atoms with van der Waals surface area (Å²) < 4.78 is 0. The molecular formula is C31H42O2. The van der Waals surface area contributed by atoms with E-state index in [1.807, 2.05) is 30.3 Å². The van der Waals surface area contributed by atoms with Crippen LogP contribution in [0.15, 0.2) is 53.1 Å². The van der Waals surface area contributed by atoms with Crippen LogP contribution in [0.3, 0.4) is 0 Å². The van der Waals surface area contributed by atoms with Crippen LogP contribution in [0.5, 0.6) is 0 Å². The molecular weight excluding hydrogens is 404 g/mol. The molecule has 1 aromatic carbocycles. The summed E-state index contributed by atoms with van der Waals surface area (Å²) >= 11 is 0. The minimum Gasteiger partial charge on any atom is -0.393 e. The van der Waals surface area contributed by atoms with Gasteiger partial charge in [0.2, 0.25) is 0 Å². The van der Waals surface area contributed by atoms with Crippen LogP contribution in [0.1, 0.15) is 96.3 Å². The molecule has 0 bridgehead atoms. The van der Waals surface area contributed by atoms with E-state index in [2.05, 4.69) is 40.7 Å². The fraction of sp³-hybridized carbons (Fsp3) is 0.645. The fourth-order valence-electron chi connectivity index (χ4n) is 8.75. The number of hydrogen-bond donors (Lipinski definition) is 1. The van der Waals surface area contributed by atoms with Crippen molar-refractivity contribution in [2.24, 2.45) is 34.0 Å². The predicted octanol–water partition coefficient (Wildman–Crippen LogP) is 7.54. The molecule has 0 aliphatic heterocycles. The normalized spacial score (nSPS) is 38.1. The third-order valence-electron chi connectivity index (χ3n) is 10.7. The van der Waals surface area contributed by atoms with E-state index in [0.717, 1.165) is 31.2 Å². The van der Waals surface area contributed by atoms with Crippen molar-refractivity contribution in [3.05, 3.63) is 58.7 Å². The average Bonchev–Trinajstić information content (AvgIpc) is 3.14. The molecule has 2 unspecified atom stereocenters. The van der Waals surface area contributed by atoms with E-state index < -0.39 is 0 Å². The number of allylic oxidation sites excluding steroid dienone is 4. The Hall–Kier alpha value is -1.67. The maximum atomic E-state index is 12.9. The lowest BCUT2D eigenvalue weighted by molar-refractivity contribution is -0.0905. The zero-order chi connectivity index (χ0) is 23.6. The Kier molecular flexibility index (Phi) is 5.55. The first-order valence-corrected chi connectivity index (χ1v) is 13.3. The molecule has 6 atom stereocenters. The summed E-state index contributed by atoms with van der Waals surface area (Å²) in [4.78, 5) is 12.9. The molecule has 0 saturated heterocycles. The van der Waals surface area contributed by atoms with Crippen LogP contribution in [0.2, 0.25) is 0 Å². The summed E-state index contributed by atoms with van der Waals surface area (Å²) in [5.74, 6) is 1.78. The Morgan fingerprint density at radius 1 is 1.03 bits per heavy atom. The maximum Gasteiger partial charge on any atom is 0.163 e. The molecule has 1 N–H and O–H groups in total. The second kappa shape index (κ2) is 7.94. The van der Waals surface area contributed by atoms with E-state index in [0.29, 0.717) is 24.2 Å². The Bertz CT molecular complexity index is 999. The highest BCUT2D eigenvalue weighted by Gasteiger charge is 2.57. The van der Waals surface area contributed by atoms with E-state index in [1.165, 1.54) is 19.3 Å². The van der Waals surface area contributed by atoms with Crippen molar-refractivity contribution in [1.82, 2.24) is 0 Å². The van der Waals surface area contributed by atoms with Crippen LogP contribution in [0, 0.1) is 34.0 Å². The highest BCUT2D eigenvalue weighted by Crippen LogP contribution is 2.66. The first-order valence-electron chi connectivity index (χ1n) is 13.3. The van der Waals surface area contributed by atoms with E-state index in [-0.39, 0.29) is 28.1 Å². The van der Waals surface area contributed by atoms with Crippen molar-refractivity contribution in [2.75, 3.05) is 0 Å². The van der Waals surface area contributed by atoms with Gasteiger partial charge in [0.25, 0.3) is 0 Å². The monoisotopic (exact) mass is 446 g/mol. The molecule has 178 valence electrons. The van der Waals surface area contributed by atoms with Gasteiger partial charge in [0.05, 0.1) is 6.10 Å². The second-order valence-corrected chi connectivity index (χ2v) is 12.7. The Morgan fingerprint density at radius 2 is 1.76 bits per heavy atom. The fourth-order valence-corrected chi connectivity index (χ4v) is 8.75. The quantitative estimate of drug-likeness (QED) is 0.485. The number of carbonyl (C=O) groups is 1. The van der Waals surface area contributed by atoms with Crippen LogP contribution in [-0.2, 0) is 0 Å². The largest absolute Gasteiger partial charge is 0.393 e. The van der Waals surface area contributed by atoms with Gasteiger partial charge in [-0.1, -0.05) is 76.6 Å². The molecule has 2 heteroatoms. The molecule has 33 heavy (non-hydrogen) atoms. The van der Waals surface area contributed by atoms with Crippen LogP contribution >= 0.6 is 0 Å². The minimum absolute atomic E-state index is 0.00874. The van der Waals surface area contributed by atoms with Crippen molar-refractivity contribution < 1.29 is 9.90 Å². The molecule has 0 spiro atoms. The van der Waals surface area contributed by atoms with Gasteiger partial charge in [0.1, 0.15) is 0 Å². The van der Waals surface area contributed by atoms with E-state index in [9.17, 15) is 9.90 Å². The first kappa shape index (κ1) is 23.1. The average molecular weight is 447 g/mol. The number of carbonyl (C=O) groups excluding carboxylic acids is 1. The standard InChI is InChI=1S/C31H42O2/c1-20(19-26(32)21-9-7-6-8-10-21)23-12-13-24-22-11-14-27-29(2,3)28(33)16-18-31(27,5)25(22)15-17-30(23,24)4/h6-10,13,20,23,27-28,33H,11-12,14-19H2,1-5H3/t20-,23-,27?,28?,30-,31-/m1/s1. The zero-order valence-electron chi connectivity index (χ0n) is 21.3. The molecule has 0 heterocycles. The van der Waals surface area contributed by atoms with E-state index in [1.54, 1.807) is 16.7 Å². The van der Waals surface area contributed by atoms with Crippen LogP contribution in [0.4, 0.5) is 0 Å². The second-order valence-electron chi connectivity index (χ2n) is 12.7. The maximum absolute atomic E-state index is 12.9. The van der Waals surface area contributed by atoms with Gasteiger partial charge in [0.15, 0.2) is 5.78 Å². The van der Waals surface area contributed by atoms with Gasteiger partial charge in [0, 0.05) is 12.0 Å². The number of hydrogen-bond acceptors (Lipinski definition) is 2. The molecule has 4 aliphatic carbocycles. The van der Waals surface area contributed by atoms with Gasteiger partial charge in [-0.3, -0.25) is 4.79 Å². The number of aliphatic hydroxyl groups excluding tert-OH is 1. The number of rotatable bonds is 4. The Balaban J connectivity index is 1.40. The molecule has 0 aromatic heterocycles. The van der Waals surface area contributed by atoms with E-state index >= 15 is 0 Å². The van der Waals surface area contributed by atoms with Gasteiger partial charge in [-0.15, -0.1) is 0 Å². The molecule has 1 saturated carbocycles. The molecule has 4 aliphatic rings. The number of Topliss-reactive ketones (excluding diaryl/α,β-unsaturated/α-hetero) is 1. The lowest BCUT2D eigenvalue weighted by Gasteiger charge is -2.59. The van der Waals surface area contributed by atoms with Crippen LogP contribution in [-0.4, -0.2) is 17.0 Å². The zero-order valence-corrected chi connectivity index (χ0v) is 21.3.